The standard InChI is InChI=1S/C76H151NO5/c1-3-5-7-9-11-13-15-17-19-21-38-42-46-50-54-58-62-66-70-76(81)82-71-67-63-59-55-51-47-43-39-35-33-31-29-27-25-23-22-24-26-28-30-32-34-37-41-45-49-53-57-61-65-69-75(80)77-73(72-78)74(79)68-64-60-56-52-48-44-40-36-20-18-16-14-12-10-8-6-4-2/h73-74,78-79H,3-72H2,1-2H3,(H,77,80). The van der Waals surface area contributed by atoms with Crippen LogP contribution >= 0.6 is 0 Å². The summed E-state index contributed by atoms with van der Waals surface area (Å²) in [5.74, 6) is -0.000183. The number of aliphatic hydroxyl groups excluding tert-OH is 2. The summed E-state index contributed by atoms with van der Waals surface area (Å²) in [5, 5.41) is 23.4. The summed E-state index contributed by atoms with van der Waals surface area (Å²) in [6, 6.07) is -0.538. The molecule has 0 saturated heterocycles. The van der Waals surface area contributed by atoms with Crippen LogP contribution in [0.3, 0.4) is 0 Å². The van der Waals surface area contributed by atoms with Gasteiger partial charge in [0.05, 0.1) is 25.4 Å². The fourth-order valence-electron chi connectivity index (χ4n) is 12.6. The molecule has 0 aromatic heterocycles. The topological polar surface area (TPSA) is 95.9 Å². The number of nitrogens with one attached hydrogen (secondary N) is 1. The SMILES string of the molecule is CCCCCCCCCCCCCCCCCCCCC(=O)OCCCCCCCCCCCCCCCCCCCCCCCCCCCCCCCCC(=O)NC(CO)C(O)CCCCCCCCCCCCCCCCCCC. The van der Waals surface area contributed by atoms with Crippen LogP contribution in [0.25, 0.3) is 0 Å². The molecule has 0 rings (SSSR count). The molecule has 82 heavy (non-hydrogen) atoms. The van der Waals surface area contributed by atoms with Gasteiger partial charge < -0.3 is 20.3 Å². The second-order valence-electron chi connectivity index (χ2n) is 26.7. The van der Waals surface area contributed by atoms with Gasteiger partial charge in [-0.2, -0.15) is 0 Å². The van der Waals surface area contributed by atoms with Crippen molar-refractivity contribution in [2.75, 3.05) is 13.2 Å². The molecule has 3 N–H and O–H groups in total. The molecule has 490 valence electrons. The highest BCUT2D eigenvalue weighted by atomic mass is 16.5. The van der Waals surface area contributed by atoms with E-state index in [-0.39, 0.29) is 18.5 Å². The Hall–Kier alpha value is -1.14. The highest BCUT2D eigenvalue weighted by Crippen LogP contribution is 2.20. The summed E-state index contributed by atoms with van der Waals surface area (Å²) < 4.78 is 5.52. The third-order valence-corrected chi connectivity index (χ3v) is 18.4. The van der Waals surface area contributed by atoms with Crippen molar-refractivity contribution in [3.63, 3.8) is 0 Å². The lowest BCUT2D eigenvalue weighted by Crippen LogP contribution is -2.45. The second-order valence-corrected chi connectivity index (χ2v) is 26.7. The lowest BCUT2D eigenvalue weighted by Gasteiger charge is -2.22. The van der Waals surface area contributed by atoms with E-state index < -0.39 is 12.1 Å². The van der Waals surface area contributed by atoms with Crippen molar-refractivity contribution in [3.8, 4) is 0 Å². The summed E-state index contributed by atoms with van der Waals surface area (Å²) in [4.78, 5) is 24.7. The van der Waals surface area contributed by atoms with Crippen LogP contribution in [0, 0.1) is 0 Å². The minimum atomic E-state index is -0.661. The highest BCUT2D eigenvalue weighted by molar-refractivity contribution is 5.76. The Morgan fingerprint density at radius 2 is 0.500 bits per heavy atom. The highest BCUT2D eigenvalue weighted by Gasteiger charge is 2.20. The summed E-state index contributed by atoms with van der Waals surface area (Å²) >= 11 is 0. The van der Waals surface area contributed by atoms with Gasteiger partial charge >= 0.3 is 5.97 Å². The Kier molecular flexibility index (Phi) is 71.3. The van der Waals surface area contributed by atoms with Crippen LogP contribution in [0.1, 0.15) is 450 Å². The van der Waals surface area contributed by atoms with Crippen molar-refractivity contribution in [2.24, 2.45) is 0 Å². The predicted octanol–water partition coefficient (Wildman–Crippen LogP) is 24.9. The number of hydrogen-bond acceptors (Lipinski definition) is 5. The largest absolute Gasteiger partial charge is 0.466 e. The van der Waals surface area contributed by atoms with Crippen LogP contribution < -0.4 is 5.32 Å². The molecule has 0 fully saturated rings. The third-order valence-electron chi connectivity index (χ3n) is 18.4. The van der Waals surface area contributed by atoms with Gasteiger partial charge in [0.15, 0.2) is 0 Å². The molecule has 0 aromatic rings. The van der Waals surface area contributed by atoms with E-state index in [2.05, 4.69) is 19.2 Å². The Morgan fingerprint density at radius 1 is 0.293 bits per heavy atom. The minimum absolute atomic E-state index is 0.0260. The lowest BCUT2D eigenvalue weighted by atomic mass is 10.0. The fraction of sp³-hybridized carbons (Fsp3) is 0.974. The molecule has 0 aliphatic heterocycles. The Balaban J connectivity index is 3.30. The number of rotatable bonds is 73. The molecule has 2 unspecified atom stereocenters. The Morgan fingerprint density at radius 3 is 0.744 bits per heavy atom. The van der Waals surface area contributed by atoms with Gasteiger partial charge in [-0.3, -0.25) is 9.59 Å². The van der Waals surface area contributed by atoms with E-state index in [0.717, 1.165) is 38.5 Å². The zero-order chi connectivity index (χ0) is 59.2. The maximum Gasteiger partial charge on any atom is 0.305 e. The smallest absolute Gasteiger partial charge is 0.305 e. The third kappa shape index (κ3) is 68.0. The maximum atomic E-state index is 12.5. The number of esters is 1. The first-order valence-corrected chi connectivity index (χ1v) is 38.3. The zero-order valence-corrected chi connectivity index (χ0v) is 56.3. The molecule has 0 saturated carbocycles. The van der Waals surface area contributed by atoms with Gasteiger partial charge in [0.25, 0.3) is 0 Å². The summed E-state index contributed by atoms with van der Waals surface area (Å²) in [7, 11) is 0. The summed E-state index contributed by atoms with van der Waals surface area (Å²) in [6.07, 6.45) is 89.0. The van der Waals surface area contributed by atoms with E-state index in [9.17, 15) is 19.8 Å². The van der Waals surface area contributed by atoms with Gasteiger partial charge in [-0.1, -0.05) is 412 Å². The van der Waals surface area contributed by atoms with Gasteiger partial charge in [0, 0.05) is 12.8 Å². The van der Waals surface area contributed by atoms with E-state index >= 15 is 0 Å². The van der Waals surface area contributed by atoms with Crippen molar-refractivity contribution < 1.29 is 24.5 Å². The maximum absolute atomic E-state index is 12.5. The van der Waals surface area contributed by atoms with Crippen LogP contribution in [-0.2, 0) is 14.3 Å². The van der Waals surface area contributed by atoms with Crippen LogP contribution in [0.4, 0.5) is 0 Å². The molecule has 2 atom stereocenters. The predicted molar refractivity (Wildman–Crippen MR) is 361 cm³/mol. The van der Waals surface area contributed by atoms with E-state index in [0.29, 0.717) is 25.9 Å². The molecular weight excluding hydrogens is 1010 g/mol. The van der Waals surface area contributed by atoms with Crippen molar-refractivity contribution in [2.45, 2.75) is 463 Å². The van der Waals surface area contributed by atoms with E-state index in [1.165, 1.54) is 379 Å². The van der Waals surface area contributed by atoms with Gasteiger partial charge in [-0.25, -0.2) is 0 Å². The Labute approximate surface area is 515 Å². The van der Waals surface area contributed by atoms with Crippen molar-refractivity contribution in [1.29, 1.82) is 0 Å². The van der Waals surface area contributed by atoms with E-state index in [1.807, 2.05) is 0 Å². The summed E-state index contributed by atoms with van der Waals surface area (Å²) in [6.45, 7) is 5.02. The molecule has 0 heterocycles. The number of aliphatic hydroxyl groups is 2. The van der Waals surface area contributed by atoms with Crippen molar-refractivity contribution >= 4 is 11.9 Å². The molecule has 0 radical (unpaired) electrons. The molecule has 0 bridgehead atoms. The van der Waals surface area contributed by atoms with Gasteiger partial charge in [0.1, 0.15) is 0 Å². The quantitative estimate of drug-likeness (QED) is 0.0417. The van der Waals surface area contributed by atoms with E-state index in [4.69, 9.17) is 4.74 Å². The number of hydrogen-bond donors (Lipinski definition) is 3. The molecular formula is C76H151NO5. The van der Waals surface area contributed by atoms with Crippen molar-refractivity contribution in [3.05, 3.63) is 0 Å². The van der Waals surface area contributed by atoms with E-state index in [1.54, 1.807) is 0 Å². The first kappa shape index (κ1) is 80.9. The van der Waals surface area contributed by atoms with Crippen molar-refractivity contribution in [1.82, 2.24) is 5.32 Å². The number of carbonyl (C=O) groups is 2. The first-order chi connectivity index (χ1) is 40.5. The number of carbonyl (C=O) groups excluding carboxylic acids is 2. The van der Waals surface area contributed by atoms with Crippen LogP contribution in [0.2, 0.25) is 0 Å². The summed E-state index contributed by atoms with van der Waals surface area (Å²) in [5.41, 5.74) is 0. The normalized spacial score (nSPS) is 12.4. The Bertz CT molecular complexity index is 1200. The molecule has 0 aliphatic rings. The molecule has 6 heteroatoms. The number of amides is 1. The van der Waals surface area contributed by atoms with Gasteiger partial charge in [-0.15, -0.1) is 0 Å². The van der Waals surface area contributed by atoms with Gasteiger partial charge in [0.2, 0.25) is 5.91 Å². The molecule has 6 nitrogen and oxygen atoms in total. The average Bonchev–Trinajstić information content (AvgIpc) is 3.48. The monoisotopic (exact) mass is 1160 g/mol. The molecule has 0 spiro atoms. The molecule has 0 aliphatic carbocycles. The van der Waals surface area contributed by atoms with Crippen LogP contribution in [0.5, 0.6) is 0 Å². The minimum Gasteiger partial charge on any atom is -0.466 e. The zero-order valence-electron chi connectivity index (χ0n) is 56.3. The molecule has 0 aromatic carbocycles. The molecule has 1 amide bonds. The first-order valence-electron chi connectivity index (χ1n) is 38.3. The number of ether oxygens (including phenoxy) is 1. The fourth-order valence-corrected chi connectivity index (χ4v) is 12.6. The van der Waals surface area contributed by atoms with Crippen LogP contribution in [0.15, 0.2) is 0 Å². The number of unbranched alkanes of at least 4 members (excludes halogenated alkanes) is 62. The van der Waals surface area contributed by atoms with Gasteiger partial charge in [-0.05, 0) is 25.7 Å². The second kappa shape index (κ2) is 72.3. The lowest BCUT2D eigenvalue weighted by molar-refractivity contribution is -0.143. The van der Waals surface area contributed by atoms with Crippen LogP contribution in [-0.4, -0.2) is 47.4 Å². The average molecular weight is 1160 g/mol.